The van der Waals surface area contributed by atoms with Gasteiger partial charge < -0.3 is 14.4 Å². The molecule has 0 aliphatic carbocycles. The molecule has 2 fully saturated rings. The van der Waals surface area contributed by atoms with Crippen molar-refractivity contribution >= 4 is 16.8 Å². The molecule has 3 aromatic rings. The van der Waals surface area contributed by atoms with Gasteiger partial charge in [-0.05, 0) is 57.5 Å². The van der Waals surface area contributed by atoms with Crippen LogP contribution in [0.4, 0.5) is 10.2 Å². The molecule has 4 atom stereocenters. The summed E-state index contributed by atoms with van der Waals surface area (Å²) in [6.45, 7) is 1.70. The first kappa shape index (κ1) is 19.9. The summed E-state index contributed by atoms with van der Waals surface area (Å²) >= 11 is 0. The van der Waals surface area contributed by atoms with Gasteiger partial charge in [0.2, 0.25) is 0 Å². The molecule has 31 heavy (non-hydrogen) atoms. The Balaban J connectivity index is 1.44. The lowest BCUT2D eigenvalue weighted by molar-refractivity contribution is 0.0701. The normalized spacial score (nSPS) is 25.8. The Morgan fingerprint density at radius 3 is 2.77 bits per heavy atom. The molecule has 1 N–H and O–H groups in total. The maximum atomic E-state index is 15.1. The van der Waals surface area contributed by atoms with Gasteiger partial charge in [0.05, 0.1) is 17.1 Å². The van der Waals surface area contributed by atoms with Crippen LogP contribution in [0, 0.1) is 6.92 Å². The van der Waals surface area contributed by atoms with Gasteiger partial charge in [-0.25, -0.2) is 4.39 Å². The van der Waals surface area contributed by atoms with Crippen LogP contribution < -0.4 is 10.3 Å². The molecule has 0 saturated carbocycles. The van der Waals surface area contributed by atoms with Gasteiger partial charge in [-0.3, -0.25) is 9.69 Å². The van der Waals surface area contributed by atoms with E-state index in [0.29, 0.717) is 39.8 Å². The number of aromatic hydroxyl groups is 1. The molecule has 8 heteroatoms. The molecule has 2 bridgehead atoms. The standard InChI is InChI=1S/C23H25FN4O3/c1-12-8-19(29)15-10-20(30)14(11-21(15)31-12)16-5-7-22(26-25-16)28(3)18-9-13-4-6-17(23(18)24)27(13)2/h5,7-8,10-11,13,17-18,23,30H,4,6,9H2,1-3H3/t13?,17?,18-,23+/m1/s1. The molecule has 2 aliphatic heterocycles. The smallest absolute Gasteiger partial charge is 0.193 e. The molecule has 162 valence electrons. The van der Waals surface area contributed by atoms with Gasteiger partial charge in [0.1, 0.15) is 23.3 Å². The summed E-state index contributed by atoms with van der Waals surface area (Å²) in [4.78, 5) is 16.2. The monoisotopic (exact) mass is 424 g/mol. The van der Waals surface area contributed by atoms with Crippen LogP contribution >= 0.6 is 0 Å². The van der Waals surface area contributed by atoms with Gasteiger partial charge in [-0.2, -0.15) is 0 Å². The van der Waals surface area contributed by atoms with Gasteiger partial charge in [0, 0.05) is 30.8 Å². The van der Waals surface area contributed by atoms with Crippen LogP contribution in [0.3, 0.4) is 0 Å². The second kappa shape index (κ2) is 7.30. The average molecular weight is 424 g/mol. The lowest BCUT2D eigenvalue weighted by Gasteiger charge is -2.43. The number of hydrogen-bond acceptors (Lipinski definition) is 7. The Labute approximate surface area is 179 Å². The van der Waals surface area contributed by atoms with Gasteiger partial charge >= 0.3 is 0 Å². The summed E-state index contributed by atoms with van der Waals surface area (Å²) in [6.07, 6.45) is 1.75. The zero-order chi connectivity index (χ0) is 21.9. The number of piperidine rings is 1. The third-order valence-corrected chi connectivity index (χ3v) is 6.90. The van der Waals surface area contributed by atoms with E-state index < -0.39 is 6.17 Å². The van der Waals surface area contributed by atoms with Gasteiger partial charge in [-0.15, -0.1) is 10.2 Å². The SMILES string of the molecule is Cc1cc(=O)c2cc(O)c(-c3ccc(N(C)[C@@H]4CC5CCC([C@@H]4F)N5C)nn3)cc2o1. The first-order chi connectivity index (χ1) is 14.8. The van der Waals surface area contributed by atoms with Gasteiger partial charge in [0.15, 0.2) is 11.2 Å². The van der Waals surface area contributed by atoms with Crippen LogP contribution in [0.2, 0.25) is 0 Å². The van der Waals surface area contributed by atoms with E-state index in [2.05, 4.69) is 15.1 Å². The highest BCUT2D eigenvalue weighted by atomic mass is 19.1. The maximum Gasteiger partial charge on any atom is 0.193 e. The van der Waals surface area contributed by atoms with Crippen LogP contribution in [-0.2, 0) is 0 Å². The molecular weight excluding hydrogens is 399 g/mol. The number of aromatic nitrogens is 2. The molecule has 1 aromatic carbocycles. The van der Waals surface area contributed by atoms with Crippen LogP contribution in [-0.4, -0.2) is 58.6 Å². The molecule has 2 saturated heterocycles. The van der Waals surface area contributed by atoms with Crippen molar-refractivity contribution in [1.29, 1.82) is 0 Å². The molecule has 4 heterocycles. The molecule has 2 unspecified atom stereocenters. The van der Waals surface area contributed by atoms with Crippen molar-refractivity contribution in [3.05, 3.63) is 46.3 Å². The largest absolute Gasteiger partial charge is 0.507 e. The highest BCUT2D eigenvalue weighted by Gasteiger charge is 2.47. The third kappa shape index (κ3) is 3.26. The number of rotatable bonds is 3. The number of fused-ring (bicyclic) bond motifs is 3. The highest BCUT2D eigenvalue weighted by Crippen LogP contribution is 2.39. The fourth-order valence-electron chi connectivity index (χ4n) is 5.09. The minimum Gasteiger partial charge on any atom is -0.507 e. The minimum absolute atomic E-state index is 0.0360. The van der Waals surface area contributed by atoms with E-state index in [4.69, 9.17) is 4.42 Å². The number of hydrogen-bond donors (Lipinski definition) is 1. The van der Waals surface area contributed by atoms with Crippen molar-refractivity contribution in [2.24, 2.45) is 0 Å². The van der Waals surface area contributed by atoms with Crippen molar-refractivity contribution in [2.45, 2.75) is 50.5 Å². The summed E-state index contributed by atoms with van der Waals surface area (Å²) in [6, 6.07) is 8.03. The summed E-state index contributed by atoms with van der Waals surface area (Å²) < 4.78 is 20.8. The van der Waals surface area contributed by atoms with E-state index in [0.717, 1.165) is 19.3 Å². The predicted octanol–water partition coefficient (Wildman–Crippen LogP) is 3.27. The maximum absolute atomic E-state index is 15.1. The zero-order valence-corrected chi connectivity index (χ0v) is 17.7. The number of aryl methyl sites for hydroxylation is 1. The Morgan fingerprint density at radius 2 is 2.03 bits per heavy atom. The number of halogens is 1. The molecule has 0 amide bonds. The number of benzene rings is 1. The van der Waals surface area contributed by atoms with Crippen molar-refractivity contribution in [2.75, 3.05) is 19.0 Å². The van der Waals surface area contributed by atoms with E-state index in [-0.39, 0.29) is 23.3 Å². The van der Waals surface area contributed by atoms with Gasteiger partial charge in [-0.1, -0.05) is 0 Å². The van der Waals surface area contributed by atoms with Crippen molar-refractivity contribution in [3.63, 3.8) is 0 Å². The molecule has 0 spiro atoms. The number of phenolic OH excluding ortho intramolecular Hbond substituents is 1. The summed E-state index contributed by atoms with van der Waals surface area (Å²) in [5.74, 6) is 1.00. The second-order valence-corrected chi connectivity index (χ2v) is 8.69. The van der Waals surface area contributed by atoms with Gasteiger partial charge in [0.25, 0.3) is 0 Å². The van der Waals surface area contributed by atoms with Crippen molar-refractivity contribution in [3.8, 4) is 17.0 Å². The first-order valence-electron chi connectivity index (χ1n) is 10.5. The number of phenols is 1. The van der Waals surface area contributed by atoms with E-state index in [1.54, 1.807) is 25.1 Å². The van der Waals surface area contributed by atoms with Crippen molar-refractivity contribution in [1.82, 2.24) is 15.1 Å². The van der Waals surface area contributed by atoms with E-state index in [9.17, 15) is 9.90 Å². The van der Waals surface area contributed by atoms with Crippen LogP contribution in [0.15, 0.2) is 39.5 Å². The summed E-state index contributed by atoms with van der Waals surface area (Å²) in [7, 11) is 3.87. The number of nitrogens with zero attached hydrogens (tertiary/aromatic N) is 4. The first-order valence-corrected chi connectivity index (χ1v) is 10.5. The number of alkyl halides is 1. The molecule has 2 aromatic heterocycles. The fraction of sp³-hybridized carbons (Fsp3) is 0.435. The second-order valence-electron chi connectivity index (χ2n) is 8.69. The Morgan fingerprint density at radius 1 is 1.23 bits per heavy atom. The molecule has 5 rings (SSSR count). The zero-order valence-electron chi connectivity index (χ0n) is 17.7. The predicted molar refractivity (Wildman–Crippen MR) is 116 cm³/mol. The highest BCUT2D eigenvalue weighted by molar-refractivity contribution is 5.85. The number of anilines is 1. The fourth-order valence-corrected chi connectivity index (χ4v) is 5.09. The third-order valence-electron chi connectivity index (χ3n) is 6.90. The summed E-state index contributed by atoms with van der Waals surface area (Å²) in [5, 5.41) is 19.3. The lowest BCUT2D eigenvalue weighted by atomic mass is 9.95. The molecule has 0 radical (unpaired) electrons. The Bertz CT molecular complexity index is 1200. The lowest BCUT2D eigenvalue weighted by Crippen LogP contribution is -2.56. The Hall–Kier alpha value is -3.00. The van der Waals surface area contributed by atoms with Crippen molar-refractivity contribution < 1.29 is 13.9 Å². The average Bonchev–Trinajstić information content (AvgIpc) is 3.01. The van der Waals surface area contributed by atoms with Crippen LogP contribution in [0.1, 0.15) is 25.0 Å². The Kier molecular flexibility index (Phi) is 4.69. The van der Waals surface area contributed by atoms with Crippen LogP contribution in [0.25, 0.3) is 22.2 Å². The molecule has 7 nitrogen and oxygen atoms in total. The van der Waals surface area contributed by atoms with E-state index in [1.165, 1.54) is 12.1 Å². The minimum atomic E-state index is -0.939. The van der Waals surface area contributed by atoms with E-state index >= 15 is 4.39 Å². The topological polar surface area (TPSA) is 82.7 Å². The summed E-state index contributed by atoms with van der Waals surface area (Å²) in [5.41, 5.74) is 1.03. The quantitative estimate of drug-likeness (QED) is 0.691. The molecule has 2 aliphatic rings. The molecular formula is C23H25FN4O3. The van der Waals surface area contributed by atoms with Crippen LogP contribution in [0.5, 0.6) is 5.75 Å². The van der Waals surface area contributed by atoms with E-state index in [1.807, 2.05) is 19.0 Å².